The number of halogens is 1. The highest BCUT2D eigenvalue weighted by atomic mass is 35.5. The molecule has 3 rings (SSSR count). The molecule has 2 aliphatic rings. The van der Waals surface area contributed by atoms with E-state index in [0.717, 1.165) is 37.4 Å². The van der Waals surface area contributed by atoms with Gasteiger partial charge in [-0.1, -0.05) is 23.7 Å². The monoisotopic (exact) mass is 314 g/mol. The maximum Gasteiger partial charge on any atom is 0.208 e. The van der Waals surface area contributed by atoms with E-state index in [4.69, 9.17) is 11.6 Å². The summed E-state index contributed by atoms with van der Waals surface area (Å²) in [6.07, 6.45) is 4.19. The third kappa shape index (κ3) is 2.86. The smallest absolute Gasteiger partial charge is 0.208 e. The SMILES string of the molecule is CS(=O)(=O)N[C@H]1CCN([C@@H]2CCc3c(Cl)cccc32)C1. The highest BCUT2D eigenvalue weighted by molar-refractivity contribution is 7.88. The van der Waals surface area contributed by atoms with Crippen LogP contribution in [0.2, 0.25) is 5.02 Å². The lowest BCUT2D eigenvalue weighted by atomic mass is 10.1. The fraction of sp³-hybridized carbons (Fsp3) is 0.571. The fourth-order valence-electron chi connectivity index (χ4n) is 3.44. The van der Waals surface area contributed by atoms with E-state index in [1.807, 2.05) is 12.1 Å². The third-order valence-corrected chi connectivity index (χ3v) is 5.34. The summed E-state index contributed by atoms with van der Waals surface area (Å²) >= 11 is 6.25. The number of fused-ring (bicyclic) bond motifs is 1. The van der Waals surface area contributed by atoms with E-state index in [-0.39, 0.29) is 6.04 Å². The molecule has 0 unspecified atom stereocenters. The van der Waals surface area contributed by atoms with Crippen LogP contribution < -0.4 is 4.72 Å². The molecule has 1 aromatic carbocycles. The molecule has 1 N–H and O–H groups in total. The standard InChI is InChI=1S/C14H19ClN2O2S/c1-20(18,19)16-10-7-8-17(9-10)14-6-5-11-12(14)3-2-4-13(11)15/h2-4,10,14,16H,5-9H2,1H3/t10-,14+/m0/s1. The van der Waals surface area contributed by atoms with Crippen molar-refractivity contribution in [3.8, 4) is 0 Å². The number of hydrogen-bond acceptors (Lipinski definition) is 3. The summed E-state index contributed by atoms with van der Waals surface area (Å²) in [5.74, 6) is 0. The van der Waals surface area contributed by atoms with E-state index >= 15 is 0 Å². The Labute approximate surface area is 125 Å². The molecule has 1 aliphatic heterocycles. The molecule has 6 heteroatoms. The van der Waals surface area contributed by atoms with Gasteiger partial charge in [0.15, 0.2) is 0 Å². The normalized spacial score (nSPS) is 26.9. The zero-order chi connectivity index (χ0) is 14.3. The second-order valence-electron chi connectivity index (χ2n) is 5.73. The minimum Gasteiger partial charge on any atom is -0.295 e. The molecule has 0 bridgehead atoms. The Morgan fingerprint density at radius 1 is 1.35 bits per heavy atom. The lowest BCUT2D eigenvalue weighted by molar-refractivity contribution is 0.241. The number of benzene rings is 1. The Bertz CT molecular complexity index is 618. The summed E-state index contributed by atoms with van der Waals surface area (Å²) in [4.78, 5) is 2.38. The van der Waals surface area contributed by atoms with Crippen molar-refractivity contribution in [3.63, 3.8) is 0 Å². The van der Waals surface area contributed by atoms with Crippen molar-refractivity contribution in [2.75, 3.05) is 19.3 Å². The van der Waals surface area contributed by atoms with Gasteiger partial charge in [0.1, 0.15) is 0 Å². The highest BCUT2D eigenvalue weighted by Gasteiger charge is 2.34. The predicted octanol–water partition coefficient (Wildman–Crippen LogP) is 1.95. The average Bonchev–Trinajstić information content (AvgIpc) is 2.93. The molecule has 0 aromatic heterocycles. The summed E-state index contributed by atoms with van der Waals surface area (Å²) in [6.45, 7) is 1.72. The maximum absolute atomic E-state index is 11.3. The molecular formula is C14H19ClN2O2S. The fourth-order valence-corrected chi connectivity index (χ4v) is 4.51. The molecule has 110 valence electrons. The van der Waals surface area contributed by atoms with Gasteiger partial charge in [0.2, 0.25) is 10.0 Å². The van der Waals surface area contributed by atoms with Gasteiger partial charge in [0.05, 0.1) is 6.26 Å². The Morgan fingerprint density at radius 2 is 2.15 bits per heavy atom. The number of likely N-dealkylation sites (tertiary alicyclic amines) is 1. The van der Waals surface area contributed by atoms with Gasteiger partial charge in [-0.05, 0) is 36.5 Å². The molecule has 0 radical (unpaired) electrons. The van der Waals surface area contributed by atoms with Crippen LogP contribution in [-0.4, -0.2) is 38.7 Å². The molecule has 4 nitrogen and oxygen atoms in total. The summed E-state index contributed by atoms with van der Waals surface area (Å²) in [6, 6.07) is 6.52. The van der Waals surface area contributed by atoms with E-state index in [2.05, 4.69) is 15.7 Å². The van der Waals surface area contributed by atoms with Crippen molar-refractivity contribution < 1.29 is 8.42 Å². The number of nitrogens with zero attached hydrogens (tertiary/aromatic N) is 1. The Hall–Kier alpha value is -0.620. The van der Waals surface area contributed by atoms with Crippen LogP contribution >= 0.6 is 11.6 Å². The molecule has 1 heterocycles. The molecule has 2 atom stereocenters. The van der Waals surface area contributed by atoms with Gasteiger partial charge in [-0.3, -0.25) is 4.90 Å². The Kier molecular flexibility index (Phi) is 3.79. The molecule has 1 aliphatic carbocycles. The van der Waals surface area contributed by atoms with Gasteiger partial charge in [0.25, 0.3) is 0 Å². The number of nitrogens with one attached hydrogen (secondary N) is 1. The van der Waals surface area contributed by atoms with Crippen LogP contribution in [0.15, 0.2) is 18.2 Å². The van der Waals surface area contributed by atoms with Gasteiger partial charge in [-0.2, -0.15) is 0 Å². The second kappa shape index (κ2) is 5.30. The van der Waals surface area contributed by atoms with Crippen LogP contribution in [-0.2, 0) is 16.4 Å². The first-order valence-electron chi connectivity index (χ1n) is 6.93. The molecule has 0 saturated carbocycles. The molecular weight excluding hydrogens is 296 g/mol. The van der Waals surface area contributed by atoms with Crippen molar-refractivity contribution in [1.29, 1.82) is 0 Å². The predicted molar refractivity (Wildman–Crippen MR) is 80.5 cm³/mol. The van der Waals surface area contributed by atoms with Gasteiger partial charge in [-0.15, -0.1) is 0 Å². The van der Waals surface area contributed by atoms with Crippen LogP contribution in [0.5, 0.6) is 0 Å². The van der Waals surface area contributed by atoms with Crippen LogP contribution in [0, 0.1) is 0 Å². The maximum atomic E-state index is 11.3. The van der Waals surface area contributed by atoms with Crippen LogP contribution in [0.25, 0.3) is 0 Å². The molecule has 1 aromatic rings. The van der Waals surface area contributed by atoms with E-state index < -0.39 is 10.0 Å². The lowest BCUT2D eigenvalue weighted by Crippen LogP contribution is -2.36. The van der Waals surface area contributed by atoms with Gasteiger partial charge < -0.3 is 0 Å². The molecule has 0 amide bonds. The summed E-state index contributed by atoms with van der Waals surface area (Å²) < 4.78 is 25.3. The quantitative estimate of drug-likeness (QED) is 0.927. The van der Waals surface area contributed by atoms with E-state index in [0.29, 0.717) is 6.04 Å². The average molecular weight is 315 g/mol. The Balaban J connectivity index is 1.73. The van der Waals surface area contributed by atoms with Crippen molar-refractivity contribution in [3.05, 3.63) is 34.3 Å². The molecule has 20 heavy (non-hydrogen) atoms. The van der Waals surface area contributed by atoms with Crippen molar-refractivity contribution in [2.45, 2.75) is 31.3 Å². The zero-order valence-electron chi connectivity index (χ0n) is 11.5. The first-order chi connectivity index (χ1) is 9.44. The lowest BCUT2D eigenvalue weighted by Gasteiger charge is -2.25. The van der Waals surface area contributed by atoms with Gasteiger partial charge in [-0.25, -0.2) is 13.1 Å². The van der Waals surface area contributed by atoms with E-state index in [1.54, 1.807) is 0 Å². The van der Waals surface area contributed by atoms with E-state index in [1.165, 1.54) is 17.4 Å². The second-order valence-corrected chi connectivity index (χ2v) is 7.92. The molecule has 1 fully saturated rings. The minimum absolute atomic E-state index is 0.0354. The first kappa shape index (κ1) is 14.3. The summed E-state index contributed by atoms with van der Waals surface area (Å²) in [7, 11) is -3.12. The largest absolute Gasteiger partial charge is 0.295 e. The highest BCUT2D eigenvalue weighted by Crippen LogP contribution is 2.40. The van der Waals surface area contributed by atoms with Crippen LogP contribution in [0.4, 0.5) is 0 Å². The topological polar surface area (TPSA) is 49.4 Å². The number of hydrogen-bond donors (Lipinski definition) is 1. The van der Waals surface area contributed by atoms with E-state index in [9.17, 15) is 8.42 Å². The molecule has 1 saturated heterocycles. The van der Waals surface area contributed by atoms with Crippen LogP contribution in [0.1, 0.15) is 30.0 Å². The van der Waals surface area contributed by atoms with Gasteiger partial charge in [0, 0.05) is 30.2 Å². The van der Waals surface area contributed by atoms with Crippen molar-refractivity contribution in [1.82, 2.24) is 9.62 Å². The zero-order valence-corrected chi connectivity index (χ0v) is 13.0. The molecule has 0 spiro atoms. The van der Waals surface area contributed by atoms with Gasteiger partial charge >= 0.3 is 0 Å². The third-order valence-electron chi connectivity index (χ3n) is 4.22. The van der Waals surface area contributed by atoms with Crippen molar-refractivity contribution in [2.24, 2.45) is 0 Å². The van der Waals surface area contributed by atoms with Crippen molar-refractivity contribution >= 4 is 21.6 Å². The number of sulfonamides is 1. The minimum atomic E-state index is -3.12. The Morgan fingerprint density at radius 3 is 2.90 bits per heavy atom. The summed E-state index contributed by atoms with van der Waals surface area (Å²) in [5.41, 5.74) is 2.58. The number of rotatable bonds is 3. The first-order valence-corrected chi connectivity index (χ1v) is 9.19. The van der Waals surface area contributed by atoms with Crippen LogP contribution in [0.3, 0.4) is 0 Å². The summed E-state index contributed by atoms with van der Waals surface area (Å²) in [5, 5.41) is 0.856.